The number of ether oxygens (including phenoxy) is 1. The summed E-state index contributed by atoms with van der Waals surface area (Å²) in [4.78, 5) is 21.7. The van der Waals surface area contributed by atoms with Gasteiger partial charge in [0.2, 0.25) is 0 Å². The molecule has 146 valence electrons. The quantitative estimate of drug-likeness (QED) is 0.265. The molecule has 0 radical (unpaired) electrons. The molecule has 0 saturated carbocycles. The molecule has 0 spiro atoms. The maximum Gasteiger partial charge on any atom is 0.332 e. The summed E-state index contributed by atoms with van der Waals surface area (Å²) in [6.07, 6.45) is 5.63. The number of allylic oxidation sites excluding steroid dienone is 2. The van der Waals surface area contributed by atoms with Gasteiger partial charge >= 0.3 is 11.9 Å². The monoisotopic (exact) mass is 374 g/mol. The first-order chi connectivity index (χ1) is 12.7. The third-order valence-corrected chi connectivity index (χ3v) is 3.73. The minimum Gasteiger partial charge on any atom is -0.507 e. The van der Waals surface area contributed by atoms with Crippen LogP contribution in [0.5, 0.6) is 0 Å². The third kappa shape index (κ3) is 8.87. The Morgan fingerprint density at radius 1 is 0.963 bits per heavy atom. The van der Waals surface area contributed by atoms with Crippen molar-refractivity contribution in [3.63, 3.8) is 0 Å². The Kier molecular flexibility index (Phi) is 9.02. The van der Waals surface area contributed by atoms with Gasteiger partial charge in [0.25, 0.3) is 0 Å². The van der Waals surface area contributed by atoms with Crippen molar-refractivity contribution in [3.8, 4) is 0 Å². The smallest absolute Gasteiger partial charge is 0.332 e. The van der Waals surface area contributed by atoms with Crippen LogP contribution in [0.25, 0.3) is 5.76 Å². The Labute approximate surface area is 159 Å². The molecule has 0 bridgehead atoms. The van der Waals surface area contributed by atoms with Gasteiger partial charge in [-0.25, -0.2) is 4.79 Å². The number of carbonyl (C=O) groups excluding carboxylic acids is 1. The highest BCUT2D eigenvalue weighted by Gasteiger charge is 2.07. The largest absolute Gasteiger partial charge is 0.507 e. The summed E-state index contributed by atoms with van der Waals surface area (Å²) in [5, 5.41) is 28.0. The molecule has 0 aromatic heterocycles. The number of aliphatic hydroxyl groups is 2. The average Bonchev–Trinajstić information content (AvgIpc) is 2.61. The topological polar surface area (TPSA) is 104 Å². The number of hydrogen-bond acceptors (Lipinski definition) is 5. The summed E-state index contributed by atoms with van der Waals surface area (Å²) < 4.78 is 4.95. The minimum atomic E-state index is -1.23. The predicted molar refractivity (Wildman–Crippen MR) is 103 cm³/mol. The standard InChI is InChI=1S/C21H26O6/c1-14(12-22)4-6-17-8-18(7-5-15(2)13-27-16(3)23)10-19(9-17)20(24)11-21(25)26/h4-5,8-11,22,24H,6-7,12-13H2,1-3H3,(H,25,26)/b14-4+,15-5+,20-11+. The number of carboxylic acid groups (broad SMARTS) is 1. The number of aliphatic hydroxyl groups excluding tert-OH is 2. The molecule has 1 aromatic carbocycles. The van der Waals surface area contributed by atoms with Crippen molar-refractivity contribution in [1.29, 1.82) is 0 Å². The van der Waals surface area contributed by atoms with Gasteiger partial charge < -0.3 is 20.1 Å². The van der Waals surface area contributed by atoms with E-state index in [-0.39, 0.29) is 24.9 Å². The van der Waals surface area contributed by atoms with Crippen molar-refractivity contribution in [3.05, 3.63) is 64.3 Å². The van der Waals surface area contributed by atoms with Crippen LogP contribution in [0.2, 0.25) is 0 Å². The Morgan fingerprint density at radius 2 is 1.52 bits per heavy atom. The van der Waals surface area contributed by atoms with Crippen LogP contribution in [0.4, 0.5) is 0 Å². The van der Waals surface area contributed by atoms with E-state index in [0.717, 1.165) is 28.3 Å². The van der Waals surface area contributed by atoms with Crippen LogP contribution in [0.3, 0.4) is 0 Å². The molecule has 27 heavy (non-hydrogen) atoms. The van der Waals surface area contributed by atoms with Gasteiger partial charge in [-0.1, -0.05) is 23.8 Å². The molecular formula is C21H26O6. The highest BCUT2D eigenvalue weighted by molar-refractivity contribution is 5.87. The fourth-order valence-corrected chi connectivity index (χ4v) is 2.27. The van der Waals surface area contributed by atoms with Gasteiger partial charge in [0.15, 0.2) is 0 Å². The Bertz CT molecular complexity index is 771. The van der Waals surface area contributed by atoms with E-state index >= 15 is 0 Å². The lowest BCUT2D eigenvalue weighted by molar-refractivity contribution is -0.140. The van der Waals surface area contributed by atoms with Crippen molar-refractivity contribution in [2.45, 2.75) is 33.6 Å². The zero-order valence-electron chi connectivity index (χ0n) is 15.9. The van der Waals surface area contributed by atoms with Crippen LogP contribution in [0.15, 0.2) is 47.6 Å². The average molecular weight is 374 g/mol. The van der Waals surface area contributed by atoms with Crippen LogP contribution in [-0.2, 0) is 27.2 Å². The van der Waals surface area contributed by atoms with E-state index in [1.165, 1.54) is 6.92 Å². The highest BCUT2D eigenvalue weighted by Crippen LogP contribution is 2.19. The lowest BCUT2D eigenvalue weighted by Crippen LogP contribution is -2.02. The van der Waals surface area contributed by atoms with E-state index in [4.69, 9.17) is 14.9 Å². The molecule has 0 fully saturated rings. The summed E-state index contributed by atoms with van der Waals surface area (Å²) in [6, 6.07) is 5.39. The van der Waals surface area contributed by atoms with Crippen LogP contribution in [0, 0.1) is 0 Å². The summed E-state index contributed by atoms with van der Waals surface area (Å²) in [5.41, 5.74) is 3.88. The van der Waals surface area contributed by atoms with Crippen molar-refractivity contribution < 1.29 is 29.6 Å². The molecule has 0 aliphatic rings. The lowest BCUT2D eigenvalue weighted by atomic mass is 9.99. The number of carbonyl (C=O) groups is 2. The Morgan fingerprint density at radius 3 is 2.00 bits per heavy atom. The van der Waals surface area contributed by atoms with Crippen molar-refractivity contribution in [2.75, 3.05) is 13.2 Å². The van der Waals surface area contributed by atoms with Crippen molar-refractivity contribution in [1.82, 2.24) is 0 Å². The van der Waals surface area contributed by atoms with E-state index in [1.54, 1.807) is 12.1 Å². The van der Waals surface area contributed by atoms with E-state index < -0.39 is 5.97 Å². The molecule has 0 unspecified atom stereocenters. The first-order valence-corrected chi connectivity index (χ1v) is 8.53. The second-order valence-corrected chi connectivity index (χ2v) is 6.35. The second kappa shape index (κ2) is 11.0. The zero-order valence-corrected chi connectivity index (χ0v) is 15.9. The van der Waals surface area contributed by atoms with Gasteiger partial charge in [-0.3, -0.25) is 4.79 Å². The fourth-order valence-electron chi connectivity index (χ4n) is 2.27. The number of esters is 1. The molecule has 6 nitrogen and oxygen atoms in total. The Hall–Kier alpha value is -2.86. The number of carboxylic acids is 1. The molecule has 0 heterocycles. The third-order valence-electron chi connectivity index (χ3n) is 3.73. The Balaban J connectivity index is 3.12. The lowest BCUT2D eigenvalue weighted by Gasteiger charge is -2.09. The van der Waals surface area contributed by atoms with Gasteiger partial charge in [-0.05, 0) is 55.5 Å². The van der Waals surface area contributed by atoms with Crippen LogP contribution >= 0.6 is 0 Å². The zero-order chi connectivity index (χ0) is 20.4. The van der Waals surface area contributed by atoms with Gasteiger partial charge in [0, 0.05) is 12.5 Å². The normalized spacial score (nSPS) is 12.8. The predicted octanol–water partition coefficient (Wildman–Crippen LogP) is 3.20. The molecule has 0 amide bonds. The molecule has 6 heteroatoms. The molecule has 1 rings (SSSR count). The molecular weight excluding hydrogens is 348 g/mol. The van der Waals surface area contributed by atoms with Crippen LogP contribution in [-0.4, -0.2) is 40.5 Å². The van der Waals surface area contributed by atoms with Crippen molar-refractivity contribution in [2.24, 2.45) is 0 Å². The summed E-state index contributed by atoms with van der Waals surface area (Å²) >= 11 is 0. The fraction of sp³-hybridized carbons (Fsp3) is 0.333. The van der Waals surface area contributed by atoms with Gasteiger partial charge in [0.05, 0.1) is 12.7 Å². The first kappa shape index (κ1) is 22.2. The maximum absolute atomic E-state index is 10.9. The highest BCUT2D eigenvalue weighted by atomic mass is 16.5. The SMILES string of the molecule is CC(=O)OC/C(C)=C/Cc1cc(C/C=C(\C)CO)cc(/C(O)=C\C(=O)O)c1. The minimum absolute atomic E-state index is 0.0329. The van der Waals surface area contributed by atoms with E-state index in [9.17, 15) is 14.7 Å². The summed E-state index contributed by atoms with van der Waals surface area (Å²) in [5.74, 6) is -1.90. The summed E-state index contributed by atoms with van der Waals surface area (Å²) in [6.45, 7) is 5.19. The number of hydrogen-bond donors (Lipinski definition) is 3. The molecule has 1 aromatic rings. The molecule has 0 saturated heterocycles. The number of aliphatic carboxylic acids is 1. The van der Waals surface area contributed by atoms with E-state index in [2.05, 4.69) is 0 Å². The second-order valence-electron chi connectivity index (χ2n) is 6.35. The molecule has 3 N–H and O–H groups in total. The first-order valence-electron chi connectivity index (χ1n) is 8.53. The molecule has 0 atom stereocenters. The van der Waals surface area contributed by atoms with Crippen LogP contribution in [0.1, 0.15) is 37.5 Å². The van der Waals surface area contributed by atoms with Gasteiger partial charge in [0.1, 0.15) is 12.4 Å². The van der Waals surface area contributed by atoms with Crippen molar-refractivity contribution >= 4 is 17.7 Å². The van der Waals surface area contributed by atoms with Crippen LogP contribution < -0.4 is 0 Å². The number of benzene rings is 1. The number of rotatable bonds is 9. The van der Waals surface area contributed by atoms with E-state index in [1.807, 2.05) is 32.1 Å². The molecule has 0 aliphatic heterocycles. The van der Waals surface area contributed by atoms with Gasteiger partial charge in [-0.15, -0.1) is 0 Å². The molecule has 0 aliphatic carbocycles. The van der Waals surface area contributed by atoms with E-state index in [0.29, 0.717) is 18.4 Å². The maximum atomic E-state index is 10.9. The summed E-state index contributed by atoms with van der Waals surface area (Å²) in [7, 11) is 0. The van der Waals surface area contributed by atoms with Gasteiger partial charge in [-0.2, -0.15) is 0 Å².